The van der Waals surface area contributed by atoms with Gasteiger partial charge in [0.15, 0.2) is 0 Å². The summed E-state index contributed by atoms with van der Waals surface area (Å²) in [7, 11) is 0. The Morgan fingerprint density at radius 1 is 1.00 bits per heavy atom. The van der Waals surface area contributed by atoms with E-state index in [0.717, 1.165) is 44.8 Å². The van der Waals surface area contributed by atoms with Crippen LogP contribution in [0.4, 0.5) is 0 Å². The molecule has 1 aromatic rings. The van der Waals surface area contributed by atoms with Gasteiger partial charge in [-0.15, -0.1) is 0 Å². The van der Waals surface area contributed by atoms with Crippen molar-refractivity contribution in [3.05, 3.63) is 35.9 Å². The lowest BCUT2D eigenvalue weighted by molar-refractivity contribution is 0.0344. The predicted molar refractivity (Wildman–Crippen MR) is 102 cm³/mol. The Labute approximate surface area is 152 Å². The molecule has 1 aromatic carbocycles. The third-order valence-electron chi connectivity index (χ3n) is 5.70. The third-order valence-corrected chi connectivity index (χ3v) is 5.70. The molecule has 3 rings (SSSR count). The second kappa shape index (κ2) is 10.3. The van der Waals surface area contributed by atoms with E-state index in [2.05, 4.69) is 9.80 Å². The highest BCUT2D eigenvalue weighted by Gasteiger charge is 2.24. The van der Waals surface area contributed by atoms with Crippen molar-refractivity contribution < 1.29 is 9.84 Å². The Morgan fingerprint density at radius 2 is 1.80 bits per heavy atom. The first-order chi connectivity index (χ1) is 12.3. The minimum absolute atomic E-state index is 0.342. The lowest BCUT2D eigenvalue weighted by Crippen LogP contribution is -2.40. The Balaban J connectivity index is 1.50. The summed E-state index contributed by atoms with van der Waals surface area (Å²) >= 11 is 0. The standard InChI is InChI=1S/C21H34N2O2/c24-21(19-8-3-1-4-9-19)18-20-10-5-2-6-12-23(20)13-7-11-22-14-16-25-17-15-22/h1,3-4,8-9,20-21,24H,2,5-7,10-18H2. The van der Waals surface area contributed by atoms with E-state index >= 15 is 0 Å². The van der Waals surface area contributed by atoms with Crippen molar-refractivity contribution >= 4 is 0 Å². The second-order valence-corrected chi connectivity index (χ2v) is 7.51. The number of morpholine rings is 1. The van der Waals surface area contributed by atoms with Gasteiger partial charge in [-0.3, -0.25) is 4.90 Å². The molecule has 4 nitrogen and oxygen atoms in total. The van der Waals surface area contributed by atoms with Gasteiger partial charge in [0.1, 0.15) is 0 Å². The predicted octanol–water partition coefficient (Wildman–Crippen LogP) is 3.08. The first kappa shape index (κ1) is 18.8. The lowest BCUT2D eigenvalue weighted by atomic mass is 9.98. The zero-order chi connectivity index (χ0) is 17.3. The summed E-state index contributed by atoms with van der Waals surface area (Å²) < 4.78 is 5.44. The molecule has 1 N–H and O–H groups in total. The maximum Gasteiger partial charge on any atom is 0.0805 e. The first-order valence-electron chi connectivity index (χ1n) is 10.1. The molecule has 0 amide bonds. The number of ether oxygens (including phenoxy) is 1. The quantitative estimate of drug-likeness (QED) is 0.823. The second-order valence-electron chi connectivity index (χ2n) is 7.51. The minimum atomic E-state index is -0.342. The summed E-state index contributed by atoms with van der Waals surface area (Å²) in [6.07, 6.45) is 6.89. The summed E-state index contributed by atoms with van der Waals surface area (Å²) in [6, 6.07) is 10.7. The van der Waals surface area contributed by atoms with Crippen LogP contribution in [0.5, 0.6) is 0 Å². The van der Waals surface area contributed by atoms with Crippen LogP contribution in [0.25, 0.3) is 0 Å². The Morgan fingerprint density at radius 3 is 2.60 bits per heavy atom. The topological polar surface area (TPSA) is 35.9 Å². The van der Waals surface area contributed by atoms with E-state index in [1.165, 1.54) is 45.2 Å². The van der Waals surface area contributed by atoms with Crippen molar-refractivity contribution in [2.24, 2.45) is 0 Å². The van der Waals surface area contributed by atoms with Crippen molar-refractivity contribution in [1.82, 2.24) is 9.80 Å². The Kier molecular flexibility index (Phi) is 7.74. The minimum Gasteiger partial charge on any atom is -0.388 e. The monoisotopic (exact) mass is 346 g/mol. The fourth-order valence-electron chi connectivity index (χ4n) is 4.19. The van der Waals surface area contributed by atoms with Gasteiger partial charge in [-0.25, -0.2) is 0 Å². The molecule has 2 unspecified atom stereocenters. The Bertz CT molecular complexity index is 476. The van der Waals surface area contributed by atoms with Crippen LogP contribution in [0.3, 0.4) is 0 Å². The van der Waals surface area contributed by atoms with Crippen molar-refractivity contribution in [3.8, 4) is 0 Å². The van der Waals surface area contributed by atoms with E-state index in [9.17, 15) is 5.11 Å². The zero-order valence-corrected chi connectivity index (χ0v) is 15.5. The number of hydrogen-bond donors (Lipinski definition) is 1. The molecule has 0 aromatic heterocycles. The van der Waals surface area contributed by atoms with E-state index in [-0.39, 0.29) is 6.10 Å². The van der Waals surface area contributed by atoms with E-state index < -0.39 is 0 Å². The van der Waals surface area contributed by atoms with Crippen LogP contribution in [-0.2, 0) is 4.74 Å². The molecule has 140 valence electrons. The molecule has 2 heterocycles. The van der Waals surface area contributed by atoms with Gasteiger partial charge < -0.3 is 14.7 Å². The molecule has 2 aliphatic rings. The van der Waals surface area contributed by atoms with Crippen LogP contribution in [-0.4, -0.2) is 66.9 Å². The normalized spacial score (nSPS) is 24.8. The summed E-state index contributed by atoms with van der Waals surface area (Å²) in [5.41, 5.74) is 1.06. The van der Waals surface area contributed by atoms with Gasteiger partial charge in [0, 0.05) is 19.1 Å². The molecule has 2 aliphatic heterocycles. The largest absolute Gasteiger partial charge is 0.388 e. The van der Waals surface area contributed by atoms with Gasteiger partial charge in [0.05, 0.1) is 19.3 Å². The summed E-state index contributed by atoms with van der Waals surface area (Å²) in [5.74, 6) is 0. The zero-order valence-electron chi connectivity index (χ0n) is 15.5. The molecule has 25 heavy (non-hydrogen) atoms. The van der Waals surface area contributed by atoms with Crippen molar-refractivity contribution in [1.29, 1.82) is 0 Å². The molecule has 2 atom stereocenters. The highest BCUT2D eigenvalue weighted by atomic mass is 16.5. The highest BCUT2D eigenvalue weighted by molar-refractivity contribution is 5.17. The molecule has 0 bridgehead atoms. The molecular formula is C21H34N2O2. The SMILES string of the molecule is OC(CC1CCCCCN1CCCN1CCOCC1)c1ccccc1. The summed E-state index contributed by atoms with van der Waals surface area (Å²) in [4.78, 5) is 5.18. The van der Waals surface area contributed by atoms with Gasteiger partial charge in [-0.1, -0.05) is 43.2 Å². The van der Waals surface area contributed by atoms with Crippen LogP contribution in [0.15, 0.2) is 30.3 Å². The summed E-state index contributed by atoms with van der Waals surface area (Å²) in [6.45, 7) is 7.45. The average Bonchev–Trinajstić information content (AvgIpc) is 2.89. The summed E-state index contributed by atoms with van der Waals surface area (Å²) in [5, 5.41) is 10.7. The highest BCUT2D eigenvalue weighted by Crippen LogP contribution is 2.26. The third kappa shape index (κ3) is 6.07. The number of hydrogen-bond acceptors (Lipinski definition) is 4. The van der Waals surface area contributed by atoms with Crippen molar-refractivity contribution in [2.75, 3.05) is 45.9 Å². The number of benzene rings is 1. The van der Waals surface area contributed by atoms with E-state index in [1.54, 1.807) is 0 Å². The van der Waals surface area contributed by atoms with Crippen molar-refractivity contribution in [2.45, 2.75) is 50.7 Å². The first-order valence-corrected chi connectivity index (χ1v) is 10.1. The molecule has 0 aliphatic carbocycles. The lowest BCUT2D eigenvalue weighted by Gasteiger charge is -2.33. The van der Waals surface area contributed by atoms with Gasteiger partial charge in [-0.05, 0) is 50.9 Å². The molecule has 0 radical (unpaired) electrons. The van der Waals surface area contributed by atoms with Crippen LogP contribution < -0.4 is 0 Å². The number of aliphatic hydroxyl groups is 1. The maximum absolute atomic E-state index is 10.7. The molecular weight excluding hydrogens is 312 g/mol. The fraction of sp³-hybridized carbons (Fsp3) is 0.714. The number of likely N-dealkylation sites (tertiary alicyclic amines) is 1. The van der Waals surface area contributed by atoms with E-state index in [1.807, 2.05) is 30.3 Å². The van der Waals surface area contributed by atoms with Crippen LogP contribution >= 0.6 is 0 Å². The van der Waals surface area contributed by atoms with Gasteiger partial charge in [0.2, 0.25) is 0 Å². The van der Waals surface area contributed by atoms with Crippen molar-refractivity contribution in [3.63, 3.8) is 0 Å². The van der Waals surface area contributed by atoms with Gasteiger partial charge >= 0.3 is 0 Å². The fourth-order valence-corrected chi connectivity index (χ4v) is 4.19. The molecule has 0 saturated carbocycles. The molecule has 2 fully saturated rings. The maximum atomic E-state index is 10.7. The molecule has 2 saturated heterocycles. The van der Waals surface area contributed by atoms with Crippen LogP contribution in [0.1, 0.15) is 50.2 Å². The van der Waals surface area contributed by atoms with E-state index in [0.29, 0.717) is 6.04 Å². The Hall–Kier alpha value is -0.940. The number of nitrogens with zero attached hydrogens (tertiary/aromatic N) is 2. The van der Waals surface area contributed by atoms with Gasteiger partial charge in [0.25, 0.3) is 0 Å². The van der Waals surface area contributed by atoms with E-state index in [4.69, 9.17) is 4.74 Å². The number of rotatable bonds is 7. The molecule has 0 spiro atoms. The smallest absolute Gasteiger partial charge is 0.0805 e. The van der Waals surface area contributed by atoms with Crippen LogP contribution in [0, 0.1) is 0 Å². The average molecular weight is 347 g/mol. The molecule has 4 heteroatoms. The number of aliphatic hydroxyl groups excluding tert-OH is 1. The van der Waals surface area contributed by atoms with Gasteiger partial charge in [-0.2, -0.15) is 0 Å². The van der Waals surface area contributed by atoms with Crippen LogP contribution in [0.2, 0.25) is 0 Å².